The van der Waals surface area contributed by atoms with E-state index in [2.05, 4.69) is 5.43 Å². The van der Waals surface area contributed by atoms with E-state index in [4.69, 9.17) is 23.2 Å². The average Bonchev–Trinajstić information content (AvgIpc) is 2.23. The van der Waals surface area contributed by atoms with Gasteiger partial charge >= 0.3 is 0 Å². The number of hydrogen-bond acceptors (Lipinski definition) is 4. The highest BCUT2D eigenvalue weighted by Gasteiger charge is 2.11. The van der Waals surface area contributed by atoms with Crippen molar-refractivity contribution in [1.29, 1.82) is 0 Å². The third kappa shape index (κ3) is 3.92. The first-order chi connectivity index (χ1) is 7.52. The molecule has 88 valence electrons. The molecular formula is C10H14ClN3OS. The molecule has 0 radical (unpaired) electrons. The van der Waals surface area contributed by atoms with Crippen molar-refractivity contribution in [2.45, 2.75) is 23.5 Å². The molecule has 0 fully saturated rings. The highest BCUT2D eigenvalue weighted by Crippen LogP contribution is 2.32. The molecule has 1 atom stereocenters. The van der Waals surface area contributed by atoms with Gasteiger partial charge in [0, 0.05) is 22.3 Å². The SMILES string of the molecule is CC(CC(=O)NN)Sc1cc(N)ccc1Cl. The zero-order valence-corrected chi connectivity index (χ0v) is 10.4. The summed E-state index contributed by atoms with van der Waals surface area (Å²) < 4.78 is 0. The van der Waals surface area contributed by atoms with Gasteiger partial charge in [-0.25, -0.2) is 5.84 Å². The van der Waals surface area contributed by atoms with Crippen LogP contribution in [-0.4, -0.2) is 11.2 Å². The van der Waals surface area contributed by atoms with Crippen LogP contribution < -0.4 is 17.0 Å². The molecule has 5 N–H and O–H groups in total. The number of thioether (sulfide) groups is 1. The summed E-state index contributed by atoms with van der Waals surface area (Å²) in [6.07, 6.45) is 0.340. The first kappa shape index (κ1) is 13.2. The topological polar surface area (TPSA) is 81.1 Å². The molecule has 1 rings (SSSR count). The second kappa shape index (κ2) is 5.98. The van der Waals surface area contributed by atoms with Gasteiger partial charge in [0.25, 0.3) is 0 Å². The normalized spacial score (nSPS) is 12.2. The minimum absolute atomic E-state index is 0.0860. The molecule has 0 aliphatic rings. The summed E-state index contributed by atoms with van der Waals surface area (Å²) >= 11 is 7.51. The summed E-state index contributed by atoms with van der Waals surface area (Å²) in [5.41, 5.74) is 8.41. The maximum Gasteiger partial charge on any atom is 0.234 e. The third-order valence-electron chi connectivity index (χ3n) is 1.92. The second-order valence-electron chi connectivity index (χ2n) is 3.39. The largest absolute Gasteiger partial charge is 0.399 e. The predicted molar refractivity (Wildman–Crippen MR) is 68.1 cm³/mol. The highest BCUT2D eigenvalue weighted by atomic mass is 35.5. The molecule has 0 spiro atoms. The quantitative estimate of drug-likeness (QED) is 0.253. The maximum absolute atomic E-state index is 11.1. The Morgan fingerprint density at radius 3 is 2.94 bits per heavy atom. The van der Waals surface area contributed by atoms with Gasteiger partial charge in [-0.2, -0.15) is 0 Å². The lowest BCUT2D eigenvalue weighted by Gasteiger charge is -2.11. The van der Waals surface area contributed by atoms with Gasteiger partial charge in [0.2, 0.25) is 5.91 Å². The van der Waals surface area contributed by atoms with E-state index in [1.165, 1.54) is 11.8 Å². The summed E-state index contributed by atoms with van der Waals surface area (Å²) in [6, 6.07) is 5.28. The summed E-state index contributed by atoms with van der Waals surface area (Å²) in [5, 5.41) is 0.724. The fourth-order valence-corrected chi connectivity index (χ4v) is 2.49. The average molecular weight is 260 g/mol. The van der Waals surface area contributed by atoms with Crippen molar-refractivity contribution in [1.82, 2.24) is 5.43 Å². The van der Waals surface area contributed by atoms with E-state index in [9.17, 15) is 4.79 Å². The van der Waals surface area contributed by atoms with Crippen molar-refractivity contribution in [2.24, 2.45) is 5.84 Å². The van der Waals surface area contributed by atoms with E-state index in [1.807, 2.05) is 6.92 Å². The fraction of sp³-hybridized carbons (Fsp3) is 0.300. The highest BCUT2D eigenvalue weighted by molar-refractivity contribution is 8.00. The van der Waals surface area contributed by atoms with Crippen LogP contribution >= 0.6 is 23.4 Å². The Morgan fingerprint density at radius 2 is 2.31 bits per heavy atom. The minimum Gasteiger partial charge on any atom is -0.399 e. The number of anilines is 1. The Kier molecular flexibility index (Phi) is 4.92. The molecule has 0 heterocycles. The number of carbonyl (C=O) groups is 1. The summed E-state index contributed by atoms with van der Waals surface area (Å²) in [7, 11) is 0. The Labute approximate surface area is 104 Å². The number of carbonyl (C=O) groups excluding carboxylic acids is 1. The predicted octanol–water partition coefficient (Wildman–Crippen LogP) is 1.78. The number of rotatable bonds is 4. The summed E-state index contributed by atoms with van der Waals surface area (Å²) in [5.74, 6) is 4.82. The molecule has 1 unspecified atom stereocenters. The molecule has 1 aromatic carbocycles. The number of nitrogens with two attached hydrogens (primary N) is 2. The van der Waals surface area contributed by atoms with Gasteiger partial charge in [-0.05, 0) is 18.2 Å². The summed E-state index contributed by atoms with van der Waals surface area (Å²) in [6.45, 7) is 1.93. The Morgan fingerprint density at radius 1 is 1.62 bits per heavy atom. The molecule has 0 bridgehead atoms. The smallest absolute Gasteiger partial charge is 0.234 e. The molecule has 0 aliphatic carbocycles. The number of hydrazine groups is 1. The molecule has 16 heavy (non-hydrogen) atoms. The zero-order valence-electron chi connectivity index (χ0n) is 8.87. The molecule has 0 aliphatic heterocycles. The van der Waals surface area contributed by atoms with Crippen LogP contribution in [0.4, 0.5) is 5.69 Å². The molecule has 4 nitrogen and oxygen atoms in total. The Bertz CT molecular complexity index is 386. The van der Waals surface area contributed by atoms with Crippen molar-refractivity contribution in [3.8, 4) is 0 Å². The summed E-state index contributed by atoms with van der Waals surface area (Å²) in [4.78, 5) is 11.9. The van der Waals surface area contributed by atoms with Crippen LogP contribution in [0.15, 0.2) is 23.1 Å². The number of nitrogens with one attached hydrogen (secondary N) is 1. The van der Waals surface area contributed by atoms with Gasteiger partial charge in [-0.3, -0.25) is 10.2 Å². The number of hydrogen-bond donors (Lipinski definition) is 3. The maximum atomic E-state index is 11.1. The number of benzene rings is 1. The van der Waals surface area contributed by atoms with Crippen molar-refractivity contribution < 1.29 is 4.79 Å². The van der Waals surface area contributed by atoms with Crippen molar-refractivity contribution in [3.05, 3.63) is 23.2 Å². The van der Waals surface area contributed by atoms with E-state index in [1.54, 1.807) is 18.2 Å². The first-order valence-electron chi connectivity index (χ1n) is 4.74. The van der Waals surface area contributed by atoms with Gasteiger partial charge in [0.15, 0.2) is 0 Å². The molecule has 0 aromatic heterocycles. The lowest BCUT2D eigenvalue weighted by atomic mass is 10.3. The fourth-order valence-electron chi connectivity index (χ4n) is 1.19. The molecule has 0 saturated heterocycles. The third-order valence-corrected chi connectivity index (χ3v) is 3.52. The van der Waals surface area contributed by atoms with Crippen molar-refractivity contribution >= 4 is 35.0 Å². The standard InChI is InChI=1S/C10H14ClN3OS/c1-6(4-10(15)14-13)16-9-5-7(12)2-3-8(9)11/h2-3,5-6H,4,12-13H2,1H3,(H,14,15). The van der Waals surface area contributed by atoms with Crippen LogP contribution in [0.5, 0.6) is 0 Å². The van der Waals surface area contributed by atoms with Crippen LogP contribution in [0.25, 0.3) is 0 Å². The van der Waals surface area contributed by atoms with E-state index >= 15 is 0 Å². The molecule has 1 aromatic rings. The number of amides is 1. The van der Waals surface area contributed by atoms with Crippen molar-refractivity contribution in [2.75, 3.05) is 5.73 Å². The second-order valence-corrected chi connectivity index (χ2v) is 5.28. The van der Waals surface area contributed by atoms with Crippen LogP contribution in [0.3, 0.4) is 0 Å². The lowest BCUT2D eigenvalue weighted by molar-refractivity contribution is -0.121. The lowest BCUT2D eigenvalue weighted by Crippen LogP contribution is -2.31. The zero-order chi connectivity index (χ0) is 12.1. The van der Waals surface area contributed by atoms with E-state index in [0.29, 0.717) is 17.1 Å². The number of halogens is 1. The van der Waals surface area contributed by atoms with Gasteiger partial charge in [-0.1, -0.05) is 18.5 Å². The minimum atomic E-state index is -0.194. The van der Waals surface area contributed by atoms with Crippen LogP contribution in [0.1, 0.15) is 13.3 Å². The van der Waals surface area contributed by atoms with Gasteiger partial charge in [0.1, 0.15) is 0 Å². The molecule has 0 saturated carbocycles. The van der Waals surface area contributed by atoms with Gasteiger partial charge < -0.3 is 5.73 Å². The number of nitrogen functional groups attached to an aromatic ring is 1. The van der Waals surface area contributed by atoms with Crippen LogP contribution in [0.2, 0.25) is 5.02 Å². The van der Waals surface area contributed by atoms with E-state index < -0.39 is 0 Å². The molecule has 1 amide bonds. The Hall–Kier alpha value is -0.910. The molecular weight excluding hydrogens is 246 g/mol. The van der Waals surface area contributed by atoms with Crippen LogP contribution in [-0.2, 0) is 4.79 Å². The monoisotopic (exact) mass is 259 g/mol. The van der Waals surface area contributed by atoms with E-state index in [-0.39, 0.29) is 11.2 Å². The van der Waals surface area contributed by atoms with Crippen LogP contribution in [0, 0.1) is 0 Å². The van der Waals surface area contributed by atoms with Crippen molar-refractivity contribution in [3.63, 3.8) is 0 Å². The van der Waals surface area contributed by atoms with E-state index in [0.717, 1.165) is 4.90 Å². The van der Waals surface area contributed by atoms with Gasteiger partial charge in [-0.15, -0.1) is 11.8 Å². The van der Waals surface area contributed by atoms with Gasteiger partial charge in [0.05, 0.1) is 5.02 Å². The Balaban J connectivity index is 2.65. The molecule has 6 heteroatoms. The first-order valence-corrected chi connectivity index (χ1v) is 6.00.